The summed E-state index contributed by atoms with van der Waals surface area (Å²) >= 11 is 0. The van der Waals surface area contributed by atoms with Gasteiger partial charge in [-0.1, -0.05) is 18.2 Å². The highest BCUT2D eigenvalue weighted by molar-refractivity contribution is 5.81. The van der Waals surface area contributed by atoms with E-state index in [2.05, 4.69) is 24.4 Å². The van der Waals surface area contributed by atoms with Crippen molar-refractivity contribution in [3.05, 3.63) is 34.9 Å². The largest absolute Gasteiger partial charge is 0.352 e. The number of benzene rings is 1. The molecule has 1 N–H and O–H groups in total. The van der Waals surface area contributed by atoms with Crippen LogP contribution in [0.4, 0.5) is 0 Å². The average molecular weight is 161 g/mol. The Labute approximate surface area is 71.6 Å². The third-order valence-electron chi connectivity index (χ3n) is 2.32. The molecule has 1 aromatic rings. The summed E-state index contributed by atoms with van der Waals surface area (Å²) in [6, 6.07) is 6.16. The van der Waals surface area contributed by atoms with E-state index in [9.17, 15) is 4.79 Å². The molecular weight excluding hydrogens is 150 g/mol. The number of nitrogens with one attached hydrogen (secondary N) is 1. The first-order valence-corrected chi connectivity index (χ1v) is 4.11. The highest BCUT2D eigenvalue weighted by Gasteiger charge is 2.15. The highest BCUT2D eigenvalue weighted by atomic mass is 16.1. The standard InChI is InChI=1S/C10H11NO/c1-7-3-2-4-8-6-11-10(12)5-9(7)8/h2-4H,5-6H2,1H3,(H,11,12). The van der Waals surface area contributed by atoms with Crippen LogP contribution in [0.25, 0.3) is 0 Å². The zero-order valence-corrected chi connectivity index (χ0v) is 7.05. The number of fused-ring (bicyclic) bond motifs is 1. The lowest BCUT2D eigenvalue weighted by Gasteiger charge is -2.18. The average Bonchev–Trinajstić information content (AvgIpc) is 2.07. The van der Waals surface area contributed by atoms with E-state index in [1.165, 1.54) is 16.7 Å². The van der Waals surface area contributed by atoms with Crippen molar-refractivity contribution in [3.63, 3.8) is 0 Å². The van der Waals surface area contributed by atoms with Gasteiger partial charge < -0.3 is 5.32 Å². The van der Waals surface area contributed by atoms with Crippen molar-refractivity contribution >= 4 is 5.91 Å². The third-order valence-corrected chi connectivity index (χ3v) is 2.32. The zero-order valence-electron chi connectivity index (χ0n) is 7.05. The maximum absolute atomic E-state index is 11.1. The Morgan fingerprint density at radius 3 is 3.08 bits per heavy atom. The predicted octanol–water partition coefficient (Wildman–Crippen LogP) is 1.17. The Balaban J connectivity index is 2.50. The summed E-state index contributed by atoms with van der Waals surface area (Å²) < 4.78 is 0. The summed E-state index contributed by atoms with van der Waals surface area (Å²) in [6.45, 7) is 2.74. The van der Waals surface area contributed by atoms with E-state index >= 15 is 0 Å². The number of rotatable bonds is 0. The minimum absolute atomic E-state index is 0.136. The molecule has 62 valence electrons. The minimum Gasteiger partial charge on any atom is -0.352 e. The summed E-state index contributed by atoms with van der Waals surface area (Å²) in [6.07, 6.45) is 0.544. The van der Waals surface area contributed by atoms with Crippen LogP contribution >= 0.6 is 0 Å². The Kier molecular flexibility index (Phi) is 1.61. The van der Waals surface area contributed by atoms with Crippen LogP contribution in [0.2, 0.25) is 0 Å². The molecule has 0 spiro atoms. The smallest absolute Gasteiger partial charge is 0.224 e. The molecular formula is C10H11NO. The summed E-state index contributed by atoms with van der Waals surface area (Å²) in [4.78, 5) is 11.1. The number of amides is 1. The summed E-state index contributed by atoms with van der Waals surface area (Å²) in [5.41, 5.74) is 3.69. The van der Waals surface area contributed by atoms with Crippen molar-refractivity contribution in [2.45, 2.75) is 19.9 Å². The van der Waals surface area contributed by atoms with Crippen molar-refractivity contribution in [1.82, 2.24) is 5.32 Å². The monoisotopic (exact) mass is 161 g/mol. The van der Waals surface area contributed by atoms with Gasteiger partial charge in [-0.05, 0) is 23.6 Å². The van der Waals surface area contributed by atoms with Gasteiger partial charge in [0.2, 0.25) is 5.91 Å². The Bertz CT molecular complexity index is 331. The molecule has 1 aromatic carbocycles. The number of aryl methyl sites for hydroxylation is 1. The van der Waals surface area contributed by atoms with E-state index in [0.717, 1.165) is 0 Å². The van der Waals surface area contributed by atoms with E-state index in [1.807, 2.05) is 6.07 Å². The molecule has 2 nitrogen and oxygen atoms in total. The van der Waals surface area contributed by atoms with Gasteiger partial charge in [0.05, 0.1) is 6.42 Å². The molecule has 1 aliphatic heterocycles. The highest BCUT2D eigenvalue weighted by Crippen LogP contribution is 2.17. The summed E-state index contributed by atoms with van der Waals surface area (Å²) in [5, 5.41) is 2.83. The predicted molar refractivity (Wildman–Crippen MR) is 46.7 cm³/mol. The molecule has 12 heavy (non-hydrogen) atoms. The Morgan fingerprint density at radius 1 is 1.42 bits per heavy atom. The van der Waals surface area contributed by atoms with Gasteiger partial charge in [-0.3, -0.25) is 4.79 Å². The molecule has 0 atom stereocenters. The molecule has 1 aliphatic rings. The van der Waals surface area contributed by atoms with E-state index in [4.69, 9.17) is 0 Å². The van der Waals surface area contributed by atoms with Crippen molar-refractivity contribution in [2.75, 3.05) is 0 Å². The first-order chi connectivity index (χ1) is 5.77. The van der Waals surface area contributed by atoms with Gasteiger partial charge in [0.15, 0.2) is 0 Å². The van der Waals surface area contributed by atoms with Gasteiger partial charge in [0.1, 0.15) is 0 Å². The third kappa shape index (κ3) is 1.09. The Hall–Kier alpha value is -1.31. The van der Waals surface area contributed by atoms with Gasteiger partial charge in [-0.15, -0.1) is 0 Å². The number of carbonyl (C=O) groups excluding carboxylic acids is 1. The van der Waals surface area contributed by atoms with Crippen LogP contribution < -0.4 is 5.32 Å². The summed E-state index contributed by atoms with van der Waals surface area (Å²) in [5.74, 6) is 0.136. The fourth-order valence-electron chi connectivity index (χ4n) is 1.60. The van der Waals surface area contributed by atoms with Crippen LogP contribution in [0.3, 0.4) is 0 Å². The number of carbonyl (C=O) groups is 1. The first kappa shape index (κ1) is 7.35. The van der Waals surface area contributed by atoms with Gasteiger partial charge in [-0.25, -0.2) is 0 Å². The zero-order chi connectivity index (χ0) is 8.55. The fraction of sp³-hybridized carbons (Fsp3) is 0.300. The van der Waals surface area contributed by atoms with Crippen molar-refractivity contribution in [2.24, 2.45) is 0 Å². The lowest BCUT2D eigenvalue weighted by atomic mass is 9.96. The Morgan fingerprint density at radius 2 is 2.25 bits per heavy atom. The van der Waals surface area contributed by atoms with Crippen LogP contribution in [-0.4, -0.2) is 5.91 Å². The second kappa shape index (κ2) is 2.63. The number of hydrogen-bond donors (Lipinski definition) is 1. The second-order valence-electron chi connectivity index (χ2n) is 3.17. The van der Waals surface area contributed by atoms with E-state index in [0.29, 0.717) is 13.0 Å². The lowest BCUT2D eigenvalue weighted by molar-refractivity contribution is -0.121. The SMILES string of the molecule is Cc1cccc2c1CC(=O)NC2. The van der Waals surface area contributed by atoms with Crippen LogP contribution in [-0.2, 0) is 17.8 Å². The van der Waals surface area contributed by atoms with Gasteiger partial charge in [-0.2, -0.15) is 0 Å². The van der Waals surface area contributed by atoms with Crippen LogP contribution in [0, 0.1) is 6.92 Å². The normalized spacial score (nSPS) is 15.2. The topological polar surface area (TPSA) is 29.1 Å². The van der Waals surface area contributed by atoms with E-state index < -0.39 is 0 Å². The molecule has 0 radical (unpaired) electrons. The molecule has 1 heterocycles. The summed E-state index contributed by atoms with van der Waals surface area (Å²) in [7, 11) is 0. The van der Waals surface area contributed by atoms with Crippen LogP contribution in [0.5, 0.6) is 0 Å². The first-order valence-electron chi connectivity index (χ1n) is 4.11. The lowest BCUT2D eigenvalue weighted by Crippen LogP contribution is -2.30. The fourth-order valence-corrected chi connectivity index (χ4v) is 1.60. The van der Waals surface area contributed by atoms with Crippen molar-refractivity contribution in [3.8, 4) is 0 Å². The maximum Gasteiger partial charge on any atom is 0.224 e. The molecule has 1 amide bonds. The van der Waals surface area contributed by atoms with Gasteiger partial charge in [0.25, 0.3) is 0 Å². The van der Waals surface area contributed by atoms with E-state index in [1.54, 1.807) is 0 Å². The van der Waals surface area contributed by atoms with Crippen molar-refractivity contribution < 1.29 is 4.79 Å². The molecule has 0 unspecified atom stereocenters. The maximum atomic E-state index is 11.1. The van der Waals surface area contributed by atoms with Crippen LogP contribution in [0.1, 0.15) is 16.7 Å². The van der Waals surface area contributed by atoms with Gasteiger partial charge >= 0.3 is 0 Å². The molecule has 0 bridgehead atoms. The van der Waals surface area contributed by atoms with Crippen molar-refractivity contribution in [1.29, 1.82) is 0 Å². The molecule has 0 saturated carbocycles. The molecule has 0 saturated heterocycles. The molecule has 0 aliphatic carbocycles. The molecule has 2 rings (SSSR count). The quantitative estimate of drug-likeness (QED) is 0.608. The molecule has 0 fully saturated rings. The number of hydrogen-bond acceptors (Lipinski definition) is 1. The van der Waals surface area contributed by atoms with Gasteiger partial charge in [0, 0.05) is 6.54 Å². The molecule has 2 heteroatoms. The van der Waals surface area contributed by atoms with Crippen LogP contribution in [0.15, 0.2) is 18.2 Å². The molecule has 0 aromatic heterocycles. The van der Waals surface area contributed by atoms with E-state index in [-0.39, 0.29) is 5.91 Å². The minimum atomic E-state index is 0.136. The second-order valence-corrected chi connectivity index (χ2v) is 3.17.